The first-order valence-corrected chi connectivity index (χ1v) is 11.4. The number of fused-ring (bicyclic) bond motifs is 1. The minimum absolute atomic E-state index is 0.00903. The number of likely N-dealkylation sites (tertiary alicyclic amines) is 1. The van der Waals surface area contributed by atoms with Gasteiger partial charge in [0.25, 0.3) is 17.7 Å². The first-order chi connectivity index (χ1) is 17.0. The first-order valence-electron chi connectivity index (χ1n) is 11.4. The van der Waals surface area contributed by atoms with Crippen LogP contribution in [0.3, 0.4) is 0 Å². The number of hydrogen-bond donors (Lipinski definition) is 0. The number of amides is 5. The van der Waals surface area contributed by atoms with Crippen LogP contribution in [0, 0.1) is 0 Å². The second-order valence-corrected chi connectivity index (χ2v) is 9.40. The molecule has 2 aliphatic rings. The van der Waals surface area contributed by atoms with Gasteiger partial charge in [-0.2, -0.15) is 4.90 Å². The molecular weight excluding hydrogens is 468 g/mol. The summed E-state index contributed by atoms with van der Waals surface area (Å²) in [6.07, 6.45) is -1.48. The van der Waals surface area contributed by atoms with E-state index in [1.807, 2.05) is 30.3 Å². The van der Waals surface area contributed by atoms with Crippen LogP contribution in [0.25, 0.3) is 0 Å². The van der Waals surface area contributed by atoms with Gasteiger partial charge in [0.1, 0.15) is 29.7 Å². The molecule has 1 atom stereocenters. The maximum absolute atomic E-state index is 13.5. The zero-order valence-corrected chi connectivity index (χ0v) is 20.4. The second kappa shape index (κ2) is 9.44. The third kappa shape index (κ3) is 4.66. The van der Waals surface area contributed by atoms with E-state index in [4.69, 9.17) is 14.2 Å². The predicted octanol–water partition coefficient (Wildman–Crippen LogP) is 3.32. The van der Waals surface area contributed by atoms with Crippen LogP contribution < -0.4 is 9.47 Å². The van der Waals surface area contributed by atoms with Gasteiger partial charge in [-0.15, -0.1) is 0 Å². The molecule has 0 bridgehead atoms. The molecule has 5 amide bonds. The zero-order valence-electron chi connectivity index (χ0n) is 20.4. The summed E-state index contributed by atoms with van der Waals surface area (Å²) in [5, 5.41) is 0. The van der Waals surface area contributed by atoms with Gasteiger partial charge in [-0.1, -0.05) is 30.3 Å². The zero-order chi connectivity index (χ0) is 26.2. The molecule has 2 aromatic rings. The number of carbonyl (C=O) groups excluding carboxylic acids is 5. The summed E-state index contributed by atoms with van der Waals surface area (Å²) in [6, 6.07) is 10.8. The number of imide groups is 4. The van der Waals surface area contributed by atoms with E-state index >= 15 is 0 Å². The molecule has 10 heteroatoms. The number of ether oxygens (including phenoxy) is 3. The molecular formula is C26H26N2O8. The molecule has 2 heterocycles. The van der Waals surface area contributed by atoms with Crippen molar-refractivity contribution in [3.63, 3.8) is 0 Å². The molecule has 0 aliphatic carbocycles. The van der Waals surface area contributed by atoms with Gasteiger partial charge in [0.05, 0.1) is 18.2 Å². The SMILES string of the molecule is COc1cc(OCc2ccccc2)c2c(c1)C(=O)N(C1CCC(=O)N(C(=O)OC(C)(C)C)C1=O)C2=O. The summed E-state index contributed by atoms with van der Waals surface area (Å²) in [7, 11) is 1.41. The summed E-state index contributed by atoms with van der Waals surface area (Å²) in [5.74, 6) is -2.82. The van der Waals surface area contributed by atoms with Crippen molar-refractivity contribution in [3.8, 4) is 11.5 Å². The lowest BCUT2D eigenvalue weighted by atomic mass is 10.0. The van der Waals surface area contributed by atoms with Crippen molar-refractivity contribution in [2.75, 3.05) is 7.11 Å². The summed E-state index contributed by atoms with van der Waals surface area (Å²) < 4.78 is 16.4. The maximum Gasteiger partial charge on any atom is 0.424 e. The fraction of sp³-hybridized carbons (Fsp3) is 0.346. The van der Waals surface area contributed by atoms with E-state index in [9.17, 15) is 24.0 Å². The molecule has 36 heavy (non-hydrogen) atoms. The molecule has 1 saturated heterocycles. The maximum atomic E-state index is 13.5. The van der Waals surface area contributed by atoms with E-state index in [2.05, 4.69) is 0 Å². The van der Waals surface area contributed by atoms with E-state index in [0.29, 0.717) is 10.6 Å². The minimum Gasteiger partial charge on any atom is -0.497 e. The van der Waals surface area contributed by atoms with Crippen LogP contribution in [0.15, 0.2) is 42.5 Å². The van der Waals surface area contributed by atoms with E-state index in [-0.39, 0.29) is 36.3 Å². The molecule has 0 radical (unpaired) electrons. The van der Waals surface area contributed by atoms with Crippen LogP contribution in [-0.2, 0) is 20.9 Å². The van der Waals surface area contributed by atoms with Gasteiger partial charge in [-0.25, -0.2) is 4.79 Å². The van der Waals surface area contributed by atoms with Crippen LogP contribution in [0.5, 0.6) is 11.5 Å². The fourth-order valence-corrected chi connectivity index (χ4v) is 4.08. The Hall–Kier alpha value is -4.21. The number of rotatable bonds is 5. The Morgan fingerprint density at radius 2 is 1.72 bits per heavy atom. The molecule has 10 nitrogen and oxygen atoms in total. The monoisotopic (exact) mass is 494 g/mol. The Bertz CT molecular complexity index is 1250. The van der Waals surface area contributed by atoms with Gasteiger partial charge in [0.15, 0.2) is 0 Å². The van der Waals surface area contributed by atoms with Crippen LogP contribution >= 0.6 is 0 Å². The summed E-state index contributed by atoms with van der Waals surface area (Å²) in [4.78, 5) is 66.2. The third-order valence-electron chi connectivity index (χ3n) is 5.70. The highest BCUT2D eigenvalue weighted by atomic mass is 16.6. The largest absolute Gasteiger partial charge is 0.497 e. The average Bonchev–Trinajstić information content (AvgIpc) is 3.07. The minimum atomic E-state index is -1.35. The Balaban J connectivity index is 1.65. The Morgan fingerprint density at radius 1 is 1.03 bits per heavy atom. The van der Waals surface area contributed by atoms with E-state index in [0.717, 1.165) is 10.5 Å². The number of hydrogen-bond acceptors (Lipinski definition) is 8. The molecule has 2 aromatic carbocycles. The molecule has 4 rings (SSSR count). The van der Waals surface area contributed by atoms with Gasteiger partial charge in [0.2, 0.25) is 5.91 Å². The molecule has 0 spiro atoms. The molecule has 2 aliphatic heterocycles. The van der Waals surface area contributed by atoms with Gasteiger partial charge in [-0.3, -0.25) is 24.1 Å². The normalized spacial score (nSPS) is 17.8. The second-order valence-electron chi connectivity index (χ2n) is 9.40. The quantitative estimate of drug-likeness (QED) is 0.581. The summed E-state index contributed by atoms with van der Waals surface area (Å²) >= 11 is 0. The molecule has 0 N–H and O–H groups in total. The number of benzene rings is 2. The summed E-state index contributed by atoms with van der Waals surface area (Å²) in [6.45, 7) is 4.91. The Labute approximate surface area is 207 Å². The number of piperidine rings is 1. The Morgan fingerprint density at radius 3 is 2.36 bits per heavy atom. The summed E-state index contributed by atoms with van der Waals surface area (Å²) in [5.41, 5.74) is -0.111. The van der Waals surface area contributed by atoms with Crippen LogP contribution in [-0.4, -0.2) is 58.3 Å². The van der Waals surface area contributed by atoms with E-state index < -0.39 is 41.4 Å². The highest BCUT2D eigenvalue weighted by Crippen LogP contribution is 2.38. The molecule has 1 fully saturated rings. The smallest absolute Gasteiger partial charge is 0.424 e. The molecule has 0 saturated carbocycles. The third-order valence-corrected chi connectivity index (χ3v) is 5.70. The topological polar surface area (TPSA) is 120 Å². The van der Waals surface area contributed by atoms with Crippen molar-refractivity contribution in [2.45, 2.75) is 51.9 Å². The number of carbonyl (C=O) groups is 5. The van der Waals surface area contributed by atoms with Gasteiger partial charge in [-0.05, 0) is 38.8 Å². The van der Waals surface area contributed by atoms with Crippen molar-refractivity contribution in [1.82, 2.24) is 9.80 Å². The van der Waals surface area contributed by atoms with Crippen molar-refractivity contribution < 1.29 is 38.2 Å². The van der Waals surface area contributed by atoms with Crippen molar-refractivity contribution in [2.24, 2.45) is 0 Å². The molecule has 188 valence electrons. The van der Waals surface area contributed by atoms with Crippen molar-refractivity contribution in [3.05, 3.63) is 59.2 Å². The van der Waals surface area contributed by atoms with Crippen molar-refractivity contribution >= 4 is 29.7 Å². The van der Waals surface area contributed by atoms with Gasteiger partial charge >= 0.3 is 6.09 Å². The standard InChI is InChI=1S/C26H26N2O8/c1-26(2,3)36-25(33)28-20(29)11-10-18(23(28)31)27-22(30)17-12-16(34-4)13-19(21(17)24(27)32)35-14-15-8-6-5-7-9-15/h5-9,12-13,18H,10-11,14H2,1-4H3. The molecule has 1 unspecified atom stereocenters. The number of methoxy groups -OCH3 is 1. The Kier molecular flexibility index (Phi) is 6.53. The lowest BCUT2D eigenvalue weighted by Crippen LogP contribution is -2.58. The average molecular weight is 495 g/mol. The predicted molar refractivity (Wildman–Crippen MR) is 125 cm³/mol. The van der Waals surface area contributed by atoms with Gasteiger partial charge in [0, 0.05) is 12.5 Å². The first kappa shape index (κ1) is 24.9. The fourth-order valence-electron chi connectivity index (χ4n) is 4.08. The lowest BCUT2D eigenvalue weighted by Gasteiger charge is -2.34. The number of nitrogens with zero attached hydrogens (tertiary/aromatic N) is 2. The van der Waals surface area contributed by atoms with Crippen LogP contribution in [0.2, 0.25) is 0 Å². The van der Waals surface area contributed by atoms with Crippen LogP contribution in [0.4, 0.5) is 4.79 Å². The highest BCUT2D eigenvalue weighted by molar-refractivity contribution is 6.25. The highest BCUT2D eigenvalue weighted by Gasteiger charge is 2.50. The lowest BCUT2D eigenvalue weighted by molar-refractivity contribution is -0.149. The van der Waals surface area contributed by atoms with E-state index in [1.165, 1.54) is 19.2 Å². The van der Waals surface area contributed by atoms with Crippen molar-refractivity contribution in [1.29, 1.82) is 0 Å². The van der Waals surface area contributed by atoms with E-state index in [1.54, 1.807) is 20.8 Å². The van der Waals surface area contributed by atoms with Crippen LogP contribution in [0.1, 0.15) is 59.9 Å². The van der Waals surface area contributed by atoms with Gasteiger partial charge < -0.3 is 14.2 Å². The molecule has 0 aromatic heterocycles.